The molecule has 1 fully saturated rings. The maximum Gasteiger partial charge on any atom is 0.208 e. The third kappa shape index (κ3) is 4.43. The highest BCUT2D eigenvalue weighted by Crippen LogP contribution is 2.24. The van der Waals surface area contributed by atoms with Gasteiger partial charge in [-0.05, 0) is 24.6 Å². The number of hydrogen-bond donors (Lipinski definition) is 1. The lowest BCUT2D eigenvalue weighted by atomic mass is 10.0. The summed E-state index contributed by atoms with van der Waals surface area (Å²) in [7, 11) is 0. The molecule has 2 heterocycles. The van der Waals surface area contributed by atoms with E-state index in [0.717, 1.165) is 31.0 Å². The quantitative estimate of drug-likeness (QED) is 0.926. The van der Waals surface area contributed by atoms with Crippen molar-refractivity contribution in [2.75, 3.05) is 19.6 Å². The van der Waals surface area contributed by atoms with E-state index in [1.165, 1.54) is 6.07 Å². The van der Waals surface area contributed by atoms with Gasteiger partial charge in [-0.25, -0.2) is 9.37 Å². The van der Waals surface area contributed by atoms with Crippen molar-refractivity contribution in [3.8, 4) is 0 Å². The van der Waals surface area contributed by atoms with E-state index in [1.807, 2.05) is 13.0 Å². The van der Waals surface area contributed by atoms with Gasteiger partial charge in [0.05, 0.1) is 12.7 Å². The van der Waals surface area contributed by atoms with Gasteiger partial charge in [0.1, 0.15) is 11.6 Å². The lowest BCUT2D eigenvalue weighted by Gasteiger charge is -2.35. The van der Waals surface area contributed by atoms with E-state index in [9.17, 15) is 4.39 Å². The van der Waals surface area contributed by atoms with Crippen molar-refractivity contribution in [3.63, 3.8) is 0 Å². The Kier molecular flexibility index (Phi) is 7.29. The molecule has 0 saturated carbocycles. The van der Waals surface area contributed by atoms with Gasteiger partial charge in [0, 0.05) is 25.7 Å². The first-order valence-corrected chi connectivity index (χ1v) is 6.84. The Morgan fingerprint density at radius 2 is 2.23 bits per heavy atom. The molecule has 0 aliphatic carbocycles. The number of rotatable bonds is 3. The van der Waals surface area contributed by atoms with Gasteiger partial charge < -0.3 is 9.73 Å². The molecule has 0 radical (unpaired) electrons. The van der Waals surface area contributed by atoms with E-state index in [2.05, 4.69) is 15.2 Å². The molecule has 1 N–H and O–H groups in total. The summed E-state index contributed by atoms with van der Waals surface area (Å²) in [5, 5.41) is 3.36. The maximum atomic E-state index is 13.4. The van der Waals surface area contributed by atoms with Crippen LogP contribution in [0.25, 0.3) is 0 Å². The monoisotopic (exact) mass is 347 g/mol. The van der Waals surface area contributed by atoms with Gasteiger partial charge in [0.25, 0.3) is 0 Å². The van der Waals surface area contributed by atoms with Crippen LogP contribution >= 0.6 is 24.8 Å². The highest BCUT2D eigenvalue weighted by molar-refractivity contribution is 5.85. The summed E-state index contributed by atoms with van der Waals surface area (Å²) < 4.78 is 19.0. The zero-order chi connectivity index (χ0) is 13.9. The van der Waals surface area contributed by atoms with Crippen LogP contribution in [0.2, 0.25) is 0 Å². The molecule has 0 spiro atoms. The highest BCUT2D eigenvalue weighted by Gasteiger charge is 2.25. The lowest BCUT2D eigenvalue weighted by molar-refractivity contribution is 0.139. The lowest BCUT2D eigenvalue weighted by Crippen LogP contribution is -2.45. The Bertz CT molecular complexity index is 594. The fraction of sp³-hybridized carbons (Fsp3) is 0.400. The molecule has 4 nitrogen and oxygen atoms in total. The summed E-state index contributed by atoms with van der Waals surface area (Å²) in [6, 6.07) is 6.94. The van der Waals surface area contributed by atoms with Crippen molar-refractivity contribution in [2.24, 2.45) is 0 Å². The van der Waals surface area contributed by atoms with Crippen LogP contribution in [0.1, 0.15) is 23.3 Å². The number of benzene rings is 1. The van der Waals surface area contributed by atoms with Gasteiger partial charge in [0.15, 0.2) is 0 Å². The highest BCUT2D eigenvalue weighted by atomic mass is 35.5. The standard InChI is InChI=1S/C15H18FN3O.2ClH/c1-11-8-18-15(20-11)10-19-6-5-17-9-14(19)12-3-2-4-13(16)7-12;;/h2-4,7-8,14,17H,5-6,9-10H2,1H3;2*1H. The van der Waals surface area contributed by atoms with Crippen LogP contribution in [-0.4, -0.2) is 29.5 Å². The molecule has 0 amide bonds. The minimum absolute atomic E-state index is 0. The Morgan fingerprint density at radius 3 is 2.91 bits per heavy atom. The van der Waals surface area contributed by atoms with Crippen molar-refractivity contribution < 1.29 is 8.81 Å². The zero-order valence-electron chi connectivity index (χ0n) is 12.3. The molecule has 1 saturated heterocycles. The molecule has 1 unspecified atom stereocenters. The van der Waals surface area contributed by atoms with Crippen LogP contribution in [0.4, 0.5) is 4.39 Å². The van der Waals surface area contributed by atoms with Gasteiger partial charge in [-0.1, -0.05) is 12.1 Å². The molecule has 1 aromatic heterocycles. The van der Waals surface area contributed by atoms with Gasteiger partial charge in [-0.3, -0.25) is 4.90 Å². The van der Waals surface area contributed by atoms with Crippen LogP contribution in [0.3, 0.4) is 0 Å². The summed E-state index contributed by atoms with van der Waals surface area (Å²) >= 11 is 0. The summed E-state index contributed by atoms with van der Waals surface area (Å²) in [6.07, 6.45) is 1.73. The zero-order valence-corrected chi connectivity index (χ0v) is 13.9. The maximum absolute atomic E-state index is 13.4. The molecule has 2 aromatic rings. The van der Waals surface area contributed by atoms with Gasteiger partial charge >= 0.3 is 0 Å². The number of oxazole rings is 1. The third-order valence-electron chi connectivity index (χ3n) is 3.60. The van der Waals surface area contributed by atoms with E-state index in [0.29, 0.717) is 12.4 Å². The average Bonchev–Trinajstić information content (AvgIpc) is 2.85. The van der Waals surface area contributed by atoms with Crippen LogP contribution < -0.4 is 5.32 Å². The second-order valence-corrected chi connectivity index (χ2v) is 5.11. The summed E-state index contributed by atoms with van der Waals surface area (Å²) in [5.41, 5.74) is 0.987. The minimum Gasteiger partial charge on any atom is -0.445 e. The summed E-state index contributed by atoms with van der Waals surface area (Å²) in [4.78, 5) is 6.53. The Morgan fingerprint density at radius 1 is 1.41 bits per heavy atom. The van der Waals surface area contributed by atoms with Crippen molar-refractivity contribution >= 4 is 24.8 Å². The number of aromatic nitrogens is 1. The predicted molar refractivity (Wildman–Crippen MR) is 88.2 cm³/mol. The molecule has 122 valence electrons. The first-order valence-electron chi connectivity index (χ1n) is 6.84. The molecule has 3 rings (SSSR count). The number of nitrogens with zero attached hydrogens (tertiary/aromatic N) is 2. The molecular weight excluding hydrogens is 328 g/mol. The molecule has 1 atom stereocenters. The fourth-order valence-electron chi connectivity index (χ4n) is 2.63. The van der Waals surface area contributed by atoms with E-state index < -0.39 is 0 Å². The summed E-state index contributed by atoms with van der Waals surface area (Å²) in [5.74, 6) is 1.34. The number of hydrogen-bond acceptors (Lipinski definition) is 4. The van der Waals surface area contributed by atoms with Gasteiger partial charge in [-0.2, -0.15) is 0 Å². The molecule has 22 heavy (non-hydrogen) atoms. The van der Waals surface area contributed by atoms with Crippen LogP contribution in [0, 0.1) is 12.7 Å². The van der Waals surface area contributed by atoms with E-state index in [-0.39, 0.29) is 36.7 Å². The second kappa shape index (κ2) is 8.48. The first-order chi connectivity index (χ1) is 9.72. The second-order valence-electron chi connectivity index (χ2n) is 5.11. The predicted octanol–water partition coefficient (Wildman–Crippen LogP) is 3.11. The number of nitrogens with one attached hydrogen (secondary N) is 1. The normalized spacial score (nSPS) is 18.4. The number of aryl methyl sites for hydroxylation is 1. The Hall–Kier alpha value is -1.14. The van der Waals surface area contributed by atoms with Crippen molar-refractivity contribution in [1.29, 1.82) is 0 Å². The van der Waals surface area contributed by atoms with Crippen LogP contribution in [0.15, 0.2) is 34.9 Å². The van der Waals surface area contributed by atoms with Crippen LogP contribution in [-0.2, 0) is 6.54 Å². The van der Waals surface area contributed by atoms with Crippen molar-refractivity contribution in [3.05, 3.63) is 53.5 Å². The van der Waals surface area contributed by atoms with Crippen molar-refractivity contribution in [1.82, 2.24) is 15.2 Å². The number of halogens is 3. The largest absolute Gasteiger partial charge is 0.445 e. The third-order valence-corrected chi connectivity index (χ3v) is 3.60. The van der Waals surface area contributed by atoms with E-state index in [1.54, 1.807) is 18.3 Å². The van der Waals surface area contributed by atoms with Gasteiger partial charge in [-0.15, -0.1) is 24.8 Å². The molecule has 0 bridgehead atoms. The Labute approximate surface area is 141 Å². The van der Waals surface area contributed by atoms with Gasteiger partial charge in [0.2, 0.25) is 5.89 Å². The molecular formula is C15H20Cl2FN3O. The molecule has 1 aliphatic heterocycles. The smallest absolute Gasteiger partial charge is 0.208 e. The average molecular weight is 348 g/mol. The topological polar surface area (TPSA) is 41.3 Å². The van der Waals surface area contributed by atoms with Crippen LogP contribution in [0.5, 0.6) is 0 Å². The summed E-state index contributed by atoms with van der Waals surface area (Å²) in [6.45, 7) is 5.16. The van der Waals surface area contributed by atoms with E-state index in [4.69, 9.17) is 4.42 Å². The SMILES string of the molecule is Cc1cnc(CN2CCNCC2c2cccc(F)c2)o1.Cl.Cl. The minimum atomic E-state index is -0.194. The first kappa shape index (κ1) is 18.9. The fourth-order valence-corrected chi connectivity index (χ4v) is 2.63. The molecule has 1 aromatic carbocycles. The number of piperazine rings is 1. The Balaban J connectivity index is 0.00000121. The molecule has 1 aliphatic rings. The molecule has 7 heteroatoms. The van der Waals surface area contributed by atoms with Crippen molar-refractivity contribution in [2.45, 2.75) is 19.5 Å². The van der Waals surface area contributed by atoms with E-state index >= 15 is 0 Å².